The van der Waals surface area contributed by atoms with E-state index in [1.165, 1.54) is 0 Å². The van der Waals surface area contributed by atoms with Crippen LogP contribution >= 0.6 is 11.8 Å². The molecule has 2 heterocycles. The van der Waals surface area contributed by atoms with Crippen LogP contribution in [0, 0.1) is 5.41 Å². The van der Waals surface area contributed by atoms with Crippen LogP contribution in [0.4, 0.5) is 10.5 Å². The Balaban J connectivity index is 1.33. The van der Waals surface area contributed by atoms with Gasteiger partial charge in [0.15, 0.2) is 11.5 Å². The fourth-order valence-electron chi connectivity index (χ4n) is 3.29. The molecule has 182 valence electrons. The smallest absolute Gasteiger partial charge is 0.293 e. The Bertz CT molecular complexity index is 1230. The fraction of sp³-hybridized carbons (Fsp3) is 0.280. The van der Waals surface area contributed by atoms with Gasteiger partial charge in [-0.15, -0.1) is 0 Å². The van der Waals surface area contributed by atoms with Crippen LogP contribution in [0.1, 0.15) is 36.7 Å². The highest BCUT2D eigenvalue weighted by molar-refractivity contribution is 8.18. The molecule has 0 saturated carbocycles. The van der Waals surface area contributed by atoms with E-state index < -0.39 is 16.6 Å². The maximum atomic E-state index is 12.7. The van der Waals surface area contributed by atoms with Crippen molar-refractivity contribution >= 4 is 46.5 Å². The molecule has 4 amide bonds. The van der Waals surface area contributed by atoms with Crippen molar-refractivity contribution in [2.75, 3.05) is 25.2 Å². The zero-order chi connectivity index (χ0) is 25.2. The Labute approximate surface area is 206 Å². The monoisotopic (exact) mass is 495 g/mol. The average molecular weight is 496 g/mol. The summed E-state index contributed by atoms with van der Waals surface area (Å²) >= 11 is 0.848. The lowest BCUT2D eigenvalue weighted by atomic mass is 9.95. The standard InChI is InChI=1S/C25H25N3O6S/c1-25(2,3)23(31)27-17-6-4-5-16(13-17)21(29)26-9-10-28-22(30)20(35-24(28)32)12-15-7-8-18-19(11-15)34-14-33-18/h4-8,11-13H,9-10,14H2,1-3H3,(H,26,29)(H,27,31)/b20-12-. The summed E-state index contributed by atoms with van der Waals surface area (Å²) in [5, 5.41) is 5.10. The van der Waals surface area contributed by atoms with Gasteiger partial charge in [-0.3, -0.25) is 24.1 Å². The summed E-state index contributed by atoms with van der Waals surface area (Å²) in [7, 11) is 0. The first-order chi connectivity index (χ1) is 16.6. The number of hydrogen-bond donors (Lipinski definition) is 2. The number of anilines is 1. The molecule has 1 fully saturated rings. The lowest BCUT2D eigenvalue weighted by molar-refractivity contribution is -0.123. The van der Waals surface area contributed by atoms with E-state index in [9.17, 15) is 19.2 Å². The van der Waals surface area contributed by atoms with Crippen LogP contribution in [0.5, 0.6) is 11.5 Å². The lowest BCUT2D eigenvalue weighted by Crippen LogP contribution is -2.37. The zero-order valence-corrected chi connectivity index (χ0v) is 20.4. The number of fused-ring (bicyclic) bond motifs is 1. The number of hydrogen-bond acceptors (Lipinski definition) is 7. The van der Waals surface area contributed by atoms with Gasteiger partial charge < -0.3 is 20.1 Å². The predicted octanol–water partition coefficient (Wildman–Crippen LogP) is 3.87. The van der Waals surface area contributed by atoms with Crippen molar-refractivity contribution in [3.05, 3.63) is 58.5 Å². The third-order valence-electron chi connectivity index (χ3n) is 5.25. The van der Waals surface area contributed by atoms with Crippen molar-refractivity contribution in [2.24, 2.45) is 5.41 Å². The third-order valence-corrected chi connectivity index (χ3v) is 6.16. The Kier molecular flexibility index (Phi) is 6.83. The molecule has 2 aliphatic rings. The van der Waals surface area contributed by atoms with E-state index in [-0.39, 0.29) is 31.7 Å². The highest BCUT2D eigenvalue weighted by Crippen LogP contribution is 2.36. The number of nitrogens with zero attached hydrogens (tertiary/aromatic N) is 1. The highest BCUT2D eigenvalue weighted by atomic mass is 32.2. The topological polar surface area (TPSA) is 114 Å². The largest absolute Gasteiger partial charge is 0.454 e. The summed E-state index contributed by atoms with van der Waals surface area (Å²) in [6.07, 6.45) is 1.63. The van der Waals surface area contributed by atoms with Gasteiger partial charge in [-0.25, -0.2) is 0 Å². The van der Waals surface area contributed by atoms with Gasteiger partial charge in [-0.2, -0.15) is 0 Å². The summed E-state index contributed by atoms with van der Waals surface area (Å²) in [6.45, 7) is 5.68. The van der Waals surface area contributed by atoms with Crippen molar-refractivity contribution in [1.29, 1.82) is 0 Å². The molecule has 9 nitrogen and oxygen atoms in total. The van der Waals surface area contributed by atoms with Crippen molar-refractivity contribution < 1.29 is 28.7 Å². The molecule has 1 saturated heterocycles. The normalized spacial score (nSPS) is 16.1. The third kappa shape index (κ3) is 5.65. The first kappa shape index (κ1) is 24.3. The van der Waals surface area contributed by atoms with Crippen molar-refractivity contribution in [1.82, 2.24) is 10.2 Å². The maximum Gasteiger partial charge on any atom is 0.293 e. The molecule has 2 N–H and O–H groups in total. The Morgan fingerprint density at radius 2 is 1.86 bits per heavy atom. The van der Waals surface area contributed by atoms with Gasteiger partial charge in [0, 0.05) is 29.8 Å². The molecule has 2 aromatic rings. The Morgan fingerprint density at radius 3 is 2.63 bits per heavy atom. The van der Waals surface area contributed by atoms with E-state index in [4.69, 9.17) is 9.47 Å². The molecular weight excluding hydrogens is 470 g/mol. The molecule has 10 heteroatoms. The van der Waals surface area contributed by atoms with E-state index in [0.717, 1.165) is 16.7 Å². The van der Waals surface area contributed by atoms with Gasteiger partial charge in [0.2, 0.25) is 12.7 Å². The van der Waals surface area contributed by atoms with Crippen molar-refractivity contribution in [3.63, 3.8) is 0 Å². The van der Waals surface area contributed by atoms with Crippen molar-refractivity contribution in [3.8, 4) is 11.5 Å². The van der Waals surface area contributed by atoms with Gasteiger partial charge in [0.1, 0.15) is 0 Å². The summed E-state index contributed by atoms with van der Waals surface area (Å²) in [5.41, 5.74) is 1.01. The molecule has 4 rings (SSSR count). The quantitative estimate of drug-likeness (QED) is 0.585. The van der Waals surface area contributed by atoms with E-state index >= 15 is 0 Å². The fourth-order valence-corrected chi connectivity index (χ4v) is 4.15. The molecule has 0 unspecified atom stereocenters. The minimum absolute atomic E-state index is 0.0370. The molecule has 0 atom stereocenters. The SMILES string of the molecule is CC(C)(C)C(=O)Nc1cccc(C(=O)NCCN2C(=O)S/C(=C\c3ccc4c(c3)OCO4)C2=O)c1. The second kappa shape index (κ2) is 9.83. The van der Waals surface area contributed by atoms with Gasteiger partial charge in [-0.1, -0.05) is 32.9 Å². The number of nitrogens with one attached hydrogen (secondary N) is 2. The van der Waals surface area contributed by atoms with Crippen LogP contribution < -0.4 is 20.1 Å². The molecule has 2 aliphatic heterocycles. The van der Waals surface area contributed by atoms with Gasteiger partial charge in [-0.05, 0) is 53.7 Å². The van der Waals surface area contributed by atoms with Crippen LogP contribution in [-0.2, 0) is 9.59 Å². The van der Waals surface area contributed by atoms with Crippen LogP contribution in [0.15, 0.2) is 47.4 Å². The Morgan fingerprint density at radius 1 is 1.09 bits per heavy atom. The number of amides is 4. The second-order valence-corrected chi connectivity index (χ2v) is 9.98. The minimum Gasteiger partial charge on any atom is -0.454 e. The van der Waals surface area contributed by atoms with Gasteiger partial charge >= 0.3 is 0 Å². The second-order valence-electron chi connectivity index (χ2n) is 8.99. The van der Waals surface area contributed by atoms with E-state index in [0.29, 0.717) is 33.2 Å². The lowest BCUT2D eigenvalue weighted by Gasteiger charge is -2.18. The number of thioether (sulfide) groups is 1. The van der Waals surface area contributed by atoms with Crippen LogP contribution in [0.2, 0.25) is 0 Å². The predicted molar refractivity (Wildman–Crippen MR) is 132 cm³/mol. The van der Waals surface area contributed by atoms with Crippen LogP contribution in [0.3, 0.4) is 0 Å². The zero-order valence-electron chi connectivity index (χ0n) is 19.5. The minimum atomic E-state index is -0.568. The number of rotatable bonds is 6. The summed E-state index contributed by atoms with van der Waals surface area (Å²) in [6, 6.07) is 11.8. The van der Waals surface area contributed by atoms with Crippen molar-refractivity contribution in [2.45, 2.75) is 20.8 Å². The average Bonchev–Trinajstić information content (AvgIpc) is 3.38. The van der Waals surface area contributed by atoms with E-state index in [1.807, 2.05) is 0 Å². The summed E-state index contributed by atoms with van der Waals surface area (Å²) in [5.74, 6) is 0.262. The van der Waals surface area contributed by atoms with Crippen LogP contribution in [-0.4, -0.2) is 47.7 Å². The molecule has 0 radical (unpaired) electrons. The molecule has 0 aliphatic carbocycles. The molecule has 0 aromatic heterocycles. The highest BCUT2D eigenvalue weighted by Gasteiger charge is 2.34. The summed E-state index contributed by atoms with van der Waals surface area (Å²) in [4.78, 5) is 51.3. The van der Waals surface area contributed by atoms with E-state index in [2.05, 4.69) is 10.6 Å². The molecule has 2 aromatic carbocycles. The number of carbonyl (C=O) groups excluding carboxylic acids is 4. The number of imide groups is 1. The first-order valence-electron chi connectivity index (χ1n) is 11.0. The Hall–Kier alpha value is -3.79. The van der Waals surface area contributed by atoms with E-state index in [1.54, 1.807) is 69.3 Å². The number of ether oxygens (including phenoxy) is 2. The van der Waals surface area contributed by atoms with Gasteiger partial charge in [0.05, 0.1) is 4.91 Å². The maximum absolute atomic E-state index is 12.7. The summed E-state index contributed by atoms with van der Waals surface area (Å²) < 4.78 is 10.6. The molecule has 0 spiro atoms. The first-order valence-corrected chi connectivity index (χ1v) is 11.8. The number of carbonyl (C=O) groups is 4. The number of benzene rings is 2. The van der Waals surface area contributed by atoms with Crippen LogP contribution in [0.25, 0.3) is 6.08 Å². The van der Waals surface area contributed by atoms with Gasteiger partial charge in [0.25, 0.3) is 17.1 Å². The molecule has 35 heavy (non-hydrogen) atoms. The molecular formula is C25H25N3O6S. The molecule has 0 bridgehead atoms.